The van der Waals surface area contributed by atoms with E-state index >= 15 is 0 Å². The number of nitrogens with zero attached hydrogens (tertiary/aromatic N) is 1. The molecule has 1 N–H and O–H groups in total. The average molecular weight is 307 g/mol. The molecule has 0 spiro atoms. The van der Waals surface area contributed by atoms with E-state index in [9.17, 15) is 4.79 Å². The van der Waals surface area contributed by atoms with Gasteiger partial charge in [0.05, 0.1) is 0 Å². The highest BCUT2D eigenvalue weighted by molar-refractivity contribution is 6.60. The van der Waals surface area contributed by atoms with Crippen molar-refractivity contribution in [2.75, 3.05) is 34.4 Å². The lowest BCUT2D eigenvalue weighted by Gasteiger charge is -2.28. The molecule has 0 aromatic carbocycles. The fourth-order valence-corrected chi connectivity index (χ4v) is 3.78. The van der Waals surface area contributed by atoms with Crippen molar-refractivity contribution in [3.63, 3.8) is 0 Å². The van der Waals surface area contributed by atoms with Crippen LogP contribution in [-0.2, 0) is 18.1 Å². The second kappa shape index (κ2) is 10.3. The maximum absolute atomic E-state index is 10.9. The van der Waals surface area contributed by atoms with Gasteiger partial charge in [0.25, 0.3) is 0 Å². The second-order valence-electron chi connectivity index (χ2n) is 4.89. The third kappa shape index (κ3) is 6.80. The summed E-state index contributed by atoms with van der Waals surface area (Å²) in [5.74, 6) is -0.811. The Bertz CT molecular complexity index is 273. The van der Waals surface area contributed by atoms with Gasteiger partial charge in [-0.1, -0.05) is 13.3 Å². The third-order valence-electron chi connectivity index (χ3n) is 3.45. The highest BCUT2D eigenvalue weighted by Gasteiger charge is 2.38. The van der Waals surface area contributed by atoms with Crippen LogP contribution in [-0.4, -0.2) is 65.2 Å². The number of carbonyl (C=O) groups is 1. The molecule has 0 saturated carbocycles. The molecule has 0 aliphatic carbocycles. The van der Waals surface area contributed by atoms with E-state index < -0.39 is 20.8 Å². The van der Waals surface area contributed by atoms with Gasteiger partial charge in [-0.05, 0) is 33.4 Å². The number of carboxylic acids is 1. The fraction of sp³-hybridized carbons (Fsp3) is 0.923. The van der Waals surface area contributed by atoms with Crippen LogP contribution in [0.5, 0.6) is 0 Å². The van der Waals surface area contributed by atoms with Crippen molar-refractivity contribution in [2.45, 2.75) is 45.2 Å². The molecule has 0 amide bonds. The van der Waals surface area contributed by atoms with Gasteiger partial charge in [-0.2, -0.15) is 0 Å². The minimum Gasteiger partial charge on any atom is -0.480 e. The van der Waals surface area contributed by atoms with Gasteiger partial charge < -0.3 is 18.4 Å². The smallest absolute Gasteiger partial charge is 0.480 e. The maximum atomic E-state index is 10.9. The molecule has 1 atom stereocenters. The number of rotatable bonds is 12. The molecule has 120 valence electrons. The summed E-state index contributed by atoms with van der Waals surface area (Å²) in [5, 5.41) is 8.94. The number of carboxylic acid groups (broad SMARTS) is 1. The Hall–Kier alpha value is -0.473. The molecule has 6 nitrogen and oxygen atoms in total. The number of aliphatic carboxylic acids is 1. The Kier molecular flexibility index (Phi) is 10.0. The third-order valence-corrected chi connectivity index (χ3v) is 6.31. The van der Waals surface area contributed by atoms with Crippen molar-refractivity contribution in [1.82, 2.24) is 4.90 Å². The number of likely N-dealkylation sites (N-methyl/N-ethyl adjacent to an activating group) is 1. The highest BCUT2D eigenvalue weighted by Crippen LogP contribution is 2.17. The van der Waals surface area contributed by atoms with Gasteiger partial charge in [0.2, 0.25) is 0 Å². The summed E-state index contributed by atoms with van der Waals surface area (Å²) in [5.41, 5.74) is 0. The largest absolute Gasteiger partial charge is 0.500 e. The van der Waals surface area contributed by atoms with Crippen LogP contribution in [0.1, 0.15) is 33.1 Å². The standard InChI is InChI=1S/C13H29NO5Si/c1-6-7-10-19-20(17-4,18-5)11-8-9-14(3)12(2)13(15)16/h12H,6-11H2,1-5H3,(H,15,16). The lowest BCUT2D eigenvalue weighted by atomic mass is 10.3. The summed E-state index contributed by atoms with van der Waals surface area (Å²) in [4.78, 5) is 12.7. The first-order valence-electron chi connectivity index (χ1n) is 7.09. The summed E-state index contributed by atoms with van der Waals surface area (Å²) in [6.45, 7) is 5.10. The number of hydrogen-bond acceptors (Lipinski definition) is 5. The van der Waals surface area contributed by atoms with E-state index in [0.717, 1.165) is 19.3 Å². The monoisotopic (exact) mass is 307 g/mol. The number of unbranched alkanes of at least 4 members (excludes halogenated alkanes) is 1. The molecule has 0 heterocycles. The van der Waals surface area contributed by atoms with Crippen molar-refractivity contribution >= 4 is 14.8 Å². The SMILES string of the molecule is CCCCO[Si](CCCN(C)C(C)C(=O)O)(OC)OC. The van der Waals surface area contributed by atoms with Gasteiger partial charge in [0, 0.05) is 26.9 Å². The normalized spacial score (nSPS) is 13.7. The molecule has 0 fully saturated rings. The zero-order valence-electron chi connectivity index (χ0n) is 13.3. The van der Waals surface area contributed by atoms with Crippen LogP contribution in [0.4, 0.5) is 0 Å². The molecule has 0 radical (unpaired) electrons. The van der Waals surface area contributed by atoms with Crippen molar-refractivity contribution in [2.24, 2.45) is 0 Å². The Morgan fingerprint density at radius 3 is 2.35 bits per heavy atom. The molecule has 0 rings (SSSR count). The topological polar surface area (TPSA) is 68.2 Å². The molecule has 0 saturated heterocycles. The van der Waals surface area contributed by atoms with E-state index in [2.05, 4.69) is 6.92 Å². The van der Waals surface area contributed by atoms with Crippen LogP contribution in [0.15, 0.2) is 0 Å². The summed E-state index contributed by atoms with van der Waals surface area (Å²) in [6.07, 6.45) is 2.84. The van der Waals surface area contributed by atoms with Crippen molar-refractivity contribution < 1.29 is 23.2 Å². The Morgan fingerprint density at radius 1 is 1.30 bits per heavy atom. The molecule has 1 unspecified atom stereocenters. The van der Waals surface area contributed by atoms with Crippen LogP contribution in [0.3, 0.4) is 0 Å². The maximum Gasteiger partial charge on any atom is 0.500 e. The van der Waals surface area contributed by atoms with Gasteiger partial charge in [0.1, 0.15) is 6.04 Å². The van der Waals surface area contributed by atoms with E-state index in [4.69, 9.17) is 18.4 Å². The van der Waals surface area contributed by atoms with Gasteiger partial charge in [-0.3, -0.25) is 9.69 Å². The Morgan fingerprint density at radius 2 is 1.90 bits per heavy atom. The Balaban J connectivity index is 4.23. The summed E-state index contributed by atoms with van der Waals surface area (Å²) >= 11 is 0. The molecule has 0 bridgehead atoms. The average Bonchev–Trinajstić information content (AvgIpc) is 2.44. The first kappa shape index (κ1) is 19.5. The first-order valence-corrected chi connectivity index (χ1v) is 9.03. The molecular formula is C13H29NO5Si. The summed E-state index contributed by atoms with van der Waals surface area (Å²) < 4.78 is 16.8. The van der Waals surface area contributed by atoms with Gasteiger partial charge in [-0.15, -0.1) is 0 Å². The van der Waals surface area contributed by atoms with E-state index in [-0.39, 0.29) is 0 Å². The lowest BCUT2D eigenvalue weighted by Crippen LogP contribution is -2.45. The minimum absolute atomic E-state index is 0.489. The fourth-order valence-electron chi connectivity index (χ4n) is 1.78. The zero-order chi connectivity index (χ0) is 15.6. The van der Waals surface area contributed by atoms with Crippen LogP contribution in [0.2, 0.25) is 6.04 Å². The summed E-state index contributed by atoms with van der Waals surface area (Å²) in [6, 6.07) is 0.206. The van der Waals surface area contributed by atoms with Crippen LogP contribution in [0, 0.1) is 0 Å². The lowest BCUT2D eigenvalue weighted by molar-refractivity contribution is -0.142. The first-order chi connectivity index (χ1) is 9.42. The second-order valence-corrected chi connectivity index (χ2v) is 7.86. The van der Waals surface area contributed by atoms with Gasteiger partial charge in [0.15, 0.2) is 0 Å². The van der Waals surface area contributed by atoms with Crippen molar-refractivity contribution in [3.05, 3.63) is 0 Å². The highest BCUT2D eigenvalue weighted by atomic mass is 28.4. The van der Waals surface area contributed by atoms with Crippen LogP contribution < -0.4 is 0 Å². The number of hydrogen-bond donors (Lipinski definition) is 1. The minimum atomic E-state index is -2.58. The summed E-state index contributed by atoms with van der Waals surface area (Å²) in [7, 11) is 2.45. The van der Waals surface area contributed by atoms with Crippen molar-refractivity contribution in [3.8, 4) is 0 Å². The molecule has 20 heavy (non-hydrogen) atoms. The molecule has 0 aromatic rings. The zero-order valence-corrected chi connectivity index (χ0v) is 14.3. The molecule has 0 aromatic heterocycles. The quantitative estimate of drug-likeness (QED) is 0.438. The van der Waals surface area contributed by atoms with Gasteiger partial charge in [-0.25, -0.2) is 0 Å². The van der Waals surface area contributed by atoms with E-state index in [0.29, 0.717) is 19.2 Å². The van der Waals surface area contributed by atoms with E-state index in [1.807, 2.05) is 0 Å². The van der Waals surface area contributed by atoms with E-state index in [1.54, 1.807) is 33.1 Å². The van der Waals surface area contributed by atoms with Gasteiger partial charge >= 0.3 is 14.8 Å². The van der Waals surface area contributed by atoms with Crippen molar-refractivity contribution in [1.29, 1.82) is 0 Å². The Labute approximate surface area is 123 Å². The molecule has 0 aliphatic rings. The van der Waals surface area contributed by atoms with Crippen LogP contribution in [0.25, 0.3) is 0 Å². The van der Waals surface area contributed by atoms with Crippen LogP contribution >= 0.6 is 0 Å². The predicted octanol–water partition coefficient (Wildman–Crippen LogP) is 1.83. The molecular weight excluding hydrogens is 278 g/mol. The molecule has 0 aliphatic heterocycles. The van der Waals surface area contributed by atoms with E-state index in [1.165, 1.54) is 0 Å². The molecule has 7 heteroatoms. The predicted molar refractivity (Wildman–Crippen MR) is 79.8 cm³/mol.